The molecule has 0 radical (unpaired) electrons. The van der Waals surface area contributed by atoms with Crippen molar-refractivity contribution >= 4 is 19.7 Å². The normalized spacial score (nSPS) is 11.8. The van der Waals surface area contributed by atoms with E-state index in [1.54, 1.807) is 6.07 Å². The Kier molecular flexibility index (Phi) is 3.92. The zero-order chi connectivity index (χ0) is 14.0. The van der Waals surface area contributed by atoms with Gasteiger partial charge < -0.3 is 0 Å². The molecule has 2 rings (SSSR count). The molecular formula is C14H14ClNO2S. The van der Waals surface area contributed by atoms with Gasteiger partial charge in [-0.1, -0.05) is 38.1 Å². The van der Waals surface area contributed by atoms with Crippen molar-refractivity contribution in [2.45, 2.75) is 24.7 Å². The SMILES string of the molecule is CC(C)c1ccc(-c2ccc(S(=O)(=O)Cl)cn2)cc1. The Labute approximate surface area is 117 Å². The van der Waals surface area contributed by atoms with Crippen molar-refractivity contribution in [2.24, 2.45) is 0 Å². The summed E-state index contributed by atoms with van der Waals surface area (Å²) in [5.41, 5.74) is 2.92. The number of rotatable bonds is 3. The van der Waals surface area contributed by atoms with Crippen molar-refractivity contribution in [3.8, 4) is 11.3 Å². The number of pyridine rings is 1. The third-order valence-corrected chi connectivity index (χ3v) is 4.23. The second kappa shape index (κ2) is 5.31. The molecule has 0 aliphatic carbocycles. The van der Waals surface area contributed by atoms with Crippen LogP contribution < -0.4 is 0 Å². The molecule has 3 nitrogen and oxygen atoms in total. The first-order valence-corrected chi connectivity index (χ1v) is 8.20. The quantitative estimate of drug-likeness (QED) is 0.809. The van der Waals surface area contributed by atoms with Crippen LogP contribution >= 0.6 is 10.7 Å². The van der Waals surface area contributed by atoms with Gasteiger partial charge in [-0.25, -0.2) is 8.42 Å². The minimum Gasteiger partial charge on any atom is -0.255 e. The first-order valence-electron chi connectivity index (χ1n) is 5.89. The van der Waals surface area contributed by atoms with Crippen molar-refractivity contribution < 1.29 is 8.42 Å². The Morgan fingerprint density at radius 2 is 1.68 bits per heavy atom. The Morgan fingerprint density at radius 1 is 1.05 bits per heavy atom. The van der Waals surface area contributed by atoms with E-state index in [2.05, 4.69) is 18.8 Å². The number of aromatic nitrogens is 1. The van der Waals surface area contributed by atoms with Gasteiger partial charge in [-0.3, -0.25) is 4.98 Å². The lowest BCUT2D eigenvalue weighted by Crippen LogP contribution is -1.93. The summed E-state index contributed by atoms with van der Waals surface area (Å²) in [6.45, 7) is 4.26. The summed E-state index contributed by atoms with van der Waals surface area (Å²) < 4.78 is 22.3. The minimum atomic E-state index is -3.71. The predicted molar refractivity (Wildman–Crippen MR) is 76.8 cm³/mol. The highest BCUT2D eigenvalue weighted by atomic mass is 35.7. The van der Waals surface area contributed by atoms with Gasteiger partial charge in [-0.05, 0) is 23.6 Å². The molecule has 0 unspecified atom stereocenters. The van der Waals surface area contributed by atoms with Crippen LogP contribution in [0.1, 0.15) is 25.3 Å². The van der Waals surface area contributed by atoms with Crippen LogP contribution in [0.2, 0.25) is 0 Å². The summed E-state index contributed by atoms with van der Waals surface area (Å²) in [4.78, 5) is 4.14. The monoisotopic (exact) mass is 295 g/mol. The van der Waals surface area contributed by atoms with Crippen LogP contribution in [0.3, 0.4) is 0 Å². The van der Waals surface area contributed by atoms with Gasteiger partial charge in [0.25, 0.3) is 9.05 Å². The highest BCUT2D eigenvalue weighted by Gasteiger charge is 2.10. The van der Waals surface area contributed by atoms with Crippen LogP contribution in [0, 0.1) is 0 Å². The summed E-state index contributed by atoms with van der Waals surface area (Å²) in [5, 5.41) is 0. The largest absolute Gasteiger partial charge is 0.262 e. The average Bonchev–Trinajstić information content (AvgIpc) is 2.38. The molecule has 0 amide bonds. The number of benzene rings is 1. The maximum atomic E-state index is 11.1. The molecular weight excluding hydrogens is 282 g/mol. The molecule has 0 saturated heterocycles. The molecule has 1 heterocycles. The second-order valence-electron chi connectivity index (χ2n) is 4.59. The number of nitrogens with zero attached hydrogens (tertiary/aromatic N) is 1. The van der Waals surface area contributed by atoms with E-state index in [4.69, 9.17) is 10.7 Å². The van der Waals surface area contributed by atoms with Crippen molar-refractivity contribution in [3.05, 3.63) is 48.2 Å². The average molecular weight is 296 g/mol. The van der Waals surface area contributed by atoms with Crippen molar-refractivity contribution in [3.63, 3.8) is 0 Å². The first kappa shape index (κ1) is 14.0. The van der Waals surface area contributed by atoms with Crippen LogP contribution in [-0.2, 0) is 9.05 Å². The highest BCUT2D eigenvalue weighted by Crippen LogP contribution is 2.22. The number of hydrogen-bond acceptors (Lipinski definition) is 3. The highest BCUT2D eigenvalue weighted by molar-refractivity contribution is 8.13. The van der Waals surface area contributed by atoms with Crippen LogP contribution in [0.4, 0.5) is 0 Å². The summed E-state index contributed by atoms with van der Waals surface area (Å²) in [5.74, 6) is 0.478. The molecule has 100 valence electrons. The molecule has 0 atom stereocenters. The van der Waals surface area contributed by atoms with Crippen LogP contribution in [-0.4, -0.2) is 13.4 Å². The van der Waals surface area contributed by atoms with Crippen molar-refractivity contribution in [1.82, 2.24) is 4.98 Å². The van der Waals surface area contributed by atoms with Gasteiger partial charge in [0.1, 0.15) is 4.90 Å². The molecule has 19 heavy (non-hydrogen) atoms. The molecule has 5 heteroatoms. The zero-order valence-electron chi connectivity index (χ0n) is 10.7. The second-order valence-corrected chi connectivity index (χ2v) is 7.16. The number of halogens is 1. The molecule has 0 N–H and O–H groups in total. The molecule has 2 aromatic rings. The number of hydrogen-bond donors (Lipinski definition) is 0. The lowest BCUT2D eigenvalue weighted by molar-refractivity contribution is 0.609. The van der Waals surface area contributed by atoms with E-state index in [1.807, 2.05) is 24.3 Å². The standard InChI is InChI=1S/C14H14ClNO2S/c1-10(2)11-3-5-12(6-4-11)14-8-7-13(9-16-14)19(15,17)18/h3-10H,1-2H3. The Bertz CT molecular complexity index is 662. The van der Waals surface area contributed by atoms with Gasteiger partial charge in [0, 0.05) is 22.4 Å². The predicted octanol–water partition coefficient (Wildman–Crippen LogP) is 3.80. The van der Waals surface area contributed by atoms with E-state index in [9.17, 15) is 8.42 Å². The molecule has 1 aromatic heterocycles. The van der Waals surface area contributed by atoms with E-state index >= 15 is 0 Å². The topological polar surface area (TPSA) is 47.0 Å². The summed E-state index contributed by atoms with van der Waals surface area (Å²) in [6, 6.07) is 11.2. The van der Waals surface area contributed by atoms with E-state index in [0.717, 1.165) is 11.3 Å². The van der Waals surface area contributed by atoms with Gasteiger partial charge in [-0.15, -0.1) is 0 Å². The van der Waals surface area contributed by atoms with Crippen molar-refractivity contribution in [1.29, 1.82) is 0 Å². The molecule has 1 aromatic carbocycles. The van der Waals surface area contributed by atoms with Gasteiger partial charge in [-0.2, -0.15) is 0 Å². The van der Waals surface area contributed by atoms with E-state index in [-0.39, 0.29) is 4.90 Å². The van der Waals surface area contributed by atoms with Gasteiger partial charge in [0.15, 0.2) is 0 Å². The third-order valence-electron chi connectivity index (χ3n) is 2.89. The van der Waals surface area contributed by atoms with Crippen LogP contribution in [0.5, 0.6) is 0 Å². The third kappa shape index (κ3) is 3.33. The van der Waals surface area contributed by atoms with E-state index < -0.39 is 9.05 Å². The molecule has 0 bridgehead atoms. The van der Waals surface area contributed by atoms with Crippen LogP contribution in [0.15, 0.2) is 47.5 Å². The van der Waals surface area contributed by atoms with Gasteiger partial charge in [0.05, 0.1) is 5.69 Å². The van der Waals surface area contributed by atoms with E-state index in [1.165, 1.54) is 17.8 Å². The van der Waals surface area contributed by atoms with Crippen LogP contribution in [0.25, 0.3) is 11.3 Å². The fraction of sp³-hybridized carbons (Fsp3) is 0.214. The molecule has 0 saturated carbocycles. The molecule has 0 aliphatic rings. The first-order chi connectivity index (χ1) is 8.88. The van der Waals surface area contributed by atoms with E-state index in [0.29, 0.717) is 5.92 Å². The minimum absolute atomic E-state index is 0.0108. The fourth-order valence-electron chi connectivity index (χ4n) is 1.73. The fourth-order valence-corrected chi connectivity index (χ4v) is 2.42. The summed E-state index contributed by atoms with van der Waals surface area (Å²) in [6.07, 6.45) is 1.27. The van der Waals surface area contributed by atoms with Gasteiger partial charge in [0.2, 0.25) is 0 Å². The molecule has 0 fully saturated rings. The summed E-state index contributed by atoms with van der Waals surface area (Å²) in [7, 11) is 1.53. The lowest BCUT2D eigenvalue weighted by Gasteiger charge is -2.06. The Hall–Kier alpha value is -1.39. The Balaban J connectivity index is 2.32. The maximum Gasteiger partial charge on any atom is 0.262 e. The van der Waals surface area contributed by atoms with Gasteiger partial charge >= 0.3 is 0 Å². The lowest BCUT2D eigenvalue weighted by atomic mass is 10.0. The summed E-state index contributed by atoms with van der Waals surface area (Å²) >= 11 is 0. The maximum absolute atomic E-state index is 11.1. The zero-order valence-corrected chi connectivity index (χ0v) is 12.2. The Morgan fingerprint density at radius 3 is 2.11 bits per heavy atom. The van der Waals surface area contributed by atoms with Crippen molar-refractivity contribution in [2.75, 3.05) is 0 Å². The molecule has 0 spiro atoms. The smallest absolute Gasteiger partial charge is 0.255 e. The molecule has 0 aliphatic heterocycles.